The molecule has 0 unspecified atom stereocenters. The summed E-state index contributed by atoms with van der Waals surface area (Å²) in [6.45, 7) is 5.50. The summed E-state index contributed by atoms with van der Waals surface area (Å²) in [5.41, 5.74) is 0.190. The Labute approximate surface area is 151 Å². The van der Waals surface area contributed by atoms with E-state index in [2.05, 4.69) is 13.8 Å². The highest BCUT2D eigenvalue weighted by Crippen LogP contribution is 2.46. The van der Waals surface area contributed by atoms with Crippen LogP contribution in [0.3, 0.4) is 0 Å². The van der Waals surface area contributed by atoms with Gasteiger partial charge in [0.05, 0.1) is 11.7 Å². The molecule has 0 aromatic rings. The Balaban J connectivity index is 1.74. The van der Waals surface area contributed by atoms with Crippen LogP contribution in [0, 0.1) is 11.8 Å². The SMILES string of the molecule is CCCCCC1CCC(OC)(C2CCC(OCCCC)CC2)CC1. The van der Waals surface area contributed by atoms with Crippen molar-refractivity contribution in [3.8, 4) is 0 Å². The smallest absolute Gasteiger partial charge is 0.0707 e. The fourth-order valence-electron chi connectivity index (χ4n) is 5.07. The predicted octanol–water partition coefficient (Wildman–Crippen LogP) is 6.52. The van der Waals surface area contributed by atoms with E-state index in [1.165, 1.54) is 89.9 Å². The van der Waals surface area contributed by atoms with Crippen LogP contribution in [-0.4, -0.2) is 25.4 Å². The number of unbranched alkanes of at least 4 members (excludes halogenated alkanes) is 3. The van der Waals surface area contributed by atoms with Crippen molar-refractivity contribution in [3.63, 3.8) is 0 Å². The van der Waals surface area contributed by atoms with Crippen LogP contribution in [0.15, 0.2) is 0 Å². The third-order valence-corrected chi connectivity index (χ3v) is 6.84. The van der Waals surface area contributed by atoms with Gasteiger partial charge in [0.1, 0.15) is 0 Å². The monoisotopic (exact) mass is 338 g/mol. The zero-order valence-electron chi connectivity index (χ0n) is 16.7. The van der Waals surface area contributed by atoms with Gasteiger partial charge >= 0.3 is 0 Å². The van der Waals surface area contributed by atoms with Gasteiger partial charge in [-0.15, -0.1) is 0 Å². The van der Waals surface area contributed by atoms with Gasteiger partial charge in [-0.1, -0.05) is 46.0 Å². The summed E-state index contributed by atoms with van der Waals surface area (Å²) in [6.07, 6.45) is 19.1. The zero-order chi connectivity index (χ0) is 17.3. The maximum absolute atomic E-state index is 6.19. The van der Waals surface area contributed by atoms with E-state index in [9.17, 15) is 0 Å². The molecule has 0 aliphatic heterocycles. The number of hydrogen-bond donors (Lipinski definition) is 0. The molecule has 0 spiro atoms. The van der Waals surface area contributed by atoms with Gasteiger partial charge in [0.2, 0.25) is 0 Å². The fourth-order valence-corrected chi connectivity index (χ4v) is 5.07. The highest BCUT2D eigenvalue weighted by atomic mass is 16.5. The fraction of sp³-hybridized carbons (Fsp3) is 1.00. The van der Waals surface area contributed by atoms with E-state index >= 15 is 0 Å². The summed E-state index contributed by atoms with van der Waals surface area (Å²) in [7, 11) is 1.97. The third-order valence-electron chi connectivity index (χ3n) is 6.84. The van der Waals surface area contributed by atoms with Crippen molar-refractivity contribution in [3.05, 3.63) is 0 Å². The van der Waals surface area contributed by atoms with E-state index in [1.807, 2.05) is 7.11 Å². The van der Waals surface area contributed by atoms with E-state index in [1.54, 1.807) is 0 Å². The first kappa shape index (κ1) is 20.2. The van der Waals surface area contributed by atoms with Crippen LogP contribution in [0.5, 0.6) is 0 Å². The lowest BCUT2D eigenvalue weighted by Gasteiger charge is -2.47. The maximum Gasteiger partial charge on any atom is 0.0707 e. The Kier molecular flexibility index (Phi) is 9.11. The van der Waals surface area contributed by atoms with Crippen molar-refractivity contribution in [2.75, 3.05) is 13.7 Å². The topological polar surface area (TPSA) is 18.5 Å². The van der Waals surface area contributed by atoms with Crippen LogP contribution in [0.1, 0.15) is 104 Å². The third kappa shape index (κ3) is 5.73. The second-order valence-electron chi connectivity index (χ2n) is 8.41. The molecular formula is C22H42O2. The molecule has 2 aliphatic rings. The summed E-state index contributed by atoms with van der Waals surface area (Å²) >= 11 is 0. The summed E-state index contributed by atoms with van der Waals surface area (Å²) in [6, 6.07) is 0. The Hall–Kier alpha value is -0.0800. The van der Waals surface area contributed by atoms with Crippen LogP contribution in [0.25, 0.3) is 0 Å². The van der Waals surface area contributed by atoms with E-state index in [0.717, 1.165) is 18.4 Å². The standard InChI is InChI=1S/C22H42O2/c1-4-6-8-9-19-14-16-22(23-3,17-15-19)20-10-12-21(13-11-20)24-18-7-5-2/h19-21H,4-18H2,1-3H3. The number of rotatable bonds is 10. The molecule has 2 fully saturated rings. The van der Waals surface area contributed by atoms with Gasteiger partial charge in [-0.2, -0.15) is 0 Å². The van der Waals surface area contributed by atoms with Gasteiger partial charge < -0.3 is 9.47 Å². The number of hydrogen-bond acceptors (Lipinski definition) is 2. The van der Waals surface area contributed by atoms with Crippen molar-refractivity contribution in [1.82, 2.24) is 0 Å². The molecule has 0 atom stereocenters. The van der Waals surface area contributed by atoms with Crippen LogP contribution < -0.4 is 0 Å². The molecule has 0 aromatic heterocycles. The Morgan fingerprint density at radius 1 is 0.833 bits per heavy atom. The summed E-state index contributed by atoms with van der Waals surface area (Å²) in [5, 5.41) is 0. The quantitative estimate of drug-likeness (QED) is 0.422. The minimum atomic E-state index is 0.190. The second-order valence-corrected chi connectivity index (χ2v) is 8.41. The minimum Gasteiger partial charge on any atom is -0.378 e. The zero-order valence-corrected chi connectivity index (χ0v) is 16.7. The van der Waals surface area contributed by atoms with Gasteiger partial charge in [0, 0.05) is 13.7 Å². The lowest BCUT2D eigenvalue weighted by atomic mass is 9.66. The molecule has 24 heavy (non-hydrogen) atoms. The molecule has 2 rings (SSSR count). The lowest BCUT2D eigenvalue weighted by molar-refractivity contribution is -0.113. The van der Waals surface area contributed by atoms with Crippen molar-refractivity contribution in [2.45, 2.75) is 115 Å². The first-order valence-electron chi connectivity index (χ1n) is 10.9. The average Bonchev–Trinajstić information content (AvgIpc) is 2.63. The van der Waals surface area contributed by atoms with Crippen LogP contribution >= 0.6 is 0 Å². The summed E-state index contributed by atoms with van der Waals surface area (Å²) in [5.74, 6) is 1.73. The summed E-state index contributed by atoms with van der Waals surface area (Å²) < 4.78 is 12.2. The van der Waals surface area contributed by atoms with Gasteiger partial charge in [-0.25, -0.2) is 0 Å². The molecule has 2 aliphatic carbocycles. The van der Waals surface area contributed by atoms with Crippen molar-refractivity contribution < 1.29 is 9.47 Å². The van der Waals surface area contributed by atoms with Gasteiger partial charge in [0.25, 0.3) is 0 Å². The van der Waals surface area contributed by atoms with E-state index in [0.29, 0.717) is 6.10 Å². The molecule has 0 aromatic carbocycles. The second kappa shape index (κ2) is 10.8. The normalized spacial score (nSPS) is 34.4. The van der Waals surface area contributed by atoms with Crippen molar-refractivity contribution >= 4 is 0 Å². The van der Waals surface area contributed by atoms with Crippen LogP contribution in [0.4, 0.5) is 0 Å². The molecule has 0 bridgehead atoms. The highest BCUT2D eigenvalue weighted by molar-refractivity contribution is 4.95. The Bertz CT molecular complexity index is 312. The van der Waals surface area contributed by atoms with Gasteiger partial charge in [0.15, 0.2) is 0 Å². The number of methoxy groups -OCH3 is 1. The predicted molar refractivity (Wildman–Crippen MR) is 102 cm³/mol. The van der Waals surface area contributed by atoms with E-state index in [-0.39, 0.29) is 5.60 Å². The molecule has 2 saturated carbocycles. The largest absolute Gasteiger partial charge is 0.378 e. The molecule has 2 heteroatoms. The van der Waals surface area contributed by atoms with E-state index in [4.69, 9.17) is 9.47 Å². The minimum absolute atomic E-state index is 0.190. The van der Waals surface area contributed by atoms with Crippen molar-refractivity contribution in [2.24, 2.45) is 11.8 Å². The molecule has 142 valence electrons. The first-order valence-corrected chi connectivity index (χ1v) is 10.9. The molecular weight excluding hydrogens is 296 g/mol. The van der Waals surface area contributed by atoms with Crippen molar-refractivity contribution in [1.29, 1.82) is 0 Å². The first-order chi connectivity index (χ1) is 11.7. The molecule has 0 heterocycles. The molecule has 0 radical (unpaired) electrons. The van der Waals surface area contributed by atoms with Gasteiger partial charge in [-0.3, -0.25) is 0 Å². The molecule has 0 amide bonds. The molecule has 0 saturated heterocycles. The molecule has 0 N–H and O–H groups in total. The molecule has 2 nitrogen and oxygen atoms in total. The Morgan fingerprint density at radius 2 is 1.50 bits per heavy atom. The van der Waals surface area contributed by atoms with E-state index < -0.39 is 0 Å². The average molecular weight is 339 g/mol. The van der Waals surface area contributed by atoms with Gasteiger partial charge in [-0.05, 0) is 69.6 Å². The Morgan fingerprint density at radius 3 is 2.08 bits per heavy atom. The summed E-state index contributed by atoms with van der Waals surface area (Å²) in [4.78, 5) is 0. The van der Waals surface area contributed by atoms with Crippen LogP contribution in [0.2, 0.25) is 0 Å². The maximum atomic E-state index is 6.19. The highest BCUT2D eigenvalue weighted by Gasteiger charge is 2.43. The van der Waals surface area contributed by atoms with Crippen LogP contribution in [-0.2, 0) is 9.47 Å². The number of ether oxygens (including phenoxy) is 2. The lowest BCUT2D eigenvalue weighted by Crippen LogP contribution is -2.45.